The van der Waals surface area contributed by atoms with E-state index in [1.807, 2.05) is 0 Å². The molecule has 19 heavy (non-hydrogen) atoms. The average Bonchev–Trinajstić information content (AvgIpc) is 2.80. The fraction of sp³-hybridized carbons (Fsp3) is 0.600. The number of hydrogen-bond acceptors (Lipinski definition) is 6. The standard InChI is InChI=1S/C10H17ClN2O4S2/c1-7(12-3-4-14)9(6-15)13-19(16,17)10-8(11)2-5-18-10/h2,5,7,9,12-15H,3-4,6H2,1H3/t7?,9-/m1/s1. The van der Waals surface area contributed by atoms with Crippen LogP contribution >= 0.6 is 22.9 Å². The summed E-state index contributed by atoms with van der Waals surface area (Å²) >= 11 is 6.81. The zero-order chi connectivity index (χ0) is 14.5. The Kier molecular flexibility index (Phi) is 6.67. The van der Waals surface area contributed by atoms with Crippen LogP contribution in [-0.2, 0) is 10.0 Å². The molecule has 9 heteroatoms. The minimum atomic E-state index is -3.75. The van der Waals surface area contributed by atoms with Gasteiger partial charge in [0.1, 0.15) is 0 Å². The van der Waals surface area contributed by atoms with E-state index >= 15 is 0 Å². The number of aliphatic hydroxyl groups is 2. The summed E-state index contributed by atoms with van der Waals surface area (Å²) in [4.78, 5) is 0. The number of halogens is 1. The monoisotopic (exact) mass is 328 g/mol. The topological polar surface area (TPSA) is 98.7 Å². The molecule has 0 aliphatic carbocycles. The third-order valence-corrected chi connectivity index (χ3v) is 6.03. The average molecular weight is 329 g/mol. The van der Waals surface area contributed by atoms with Gasteiger partial charge < -0.3 is 15.5 Å². The highest BCUT2D eigenvalue weighted by atomic mass is 35.5. The van der Waals surface area contributed by atoms with Crippen LogP contribution in [0.4, 0.5) is 0 Å². The molecular weight excluding hydrogens is 312 g/mol. The molecule has 0 bridgehead atoms. The highest BCUT2D eigenvalue weighted by Crippen LogP contribution is 2.27. The molecule has 0 spiro atoms. The minimum absolute atomic E-state index is 0.0296. The smallest absolute Gasteiger partial charge is 0.251 e. The van der Waals surface area contributed by atoms with E-state index in [4.69, 9.17) is 16.7 Å². The molecule has 0 radical (unpaired) electrons. The Morgan fingerprint density at radius 2 is 2.16 bits per heavy atom. The first kappa shape index (κ1) is 16.8. The number of aliphatic hydroxyl groups excluding tert-OH is 2. The van der Waals surface area contributed by atoms with Crippen molar-refractivity contribution in [2.45, 2.75) is 23.2 Å². The van der Waals surface area contributed by atoms with Gasteiger partial charge in [-0.05, 0) is 18.4 Å². The van der Waals surface area contributed by atoms with Crippen LogP contribution in [0.5, 0.6) is 0 Å². The molecule has 110 valence electrons. The van der Waals surface area contributed by atoms with Gasteiger partial charge in [0, 0.05) is 12.6 Å². The van der Waals surface area contributed by atoms with E-state index in [1.165, 1.54) is 6.07 Å². The summed E-state index contributed by atoms with van der Waals surface area (Å²) in [5.74, 6) is 0. The SMILES string of the molecule is CC(NCCO)[C@@H](CO)NS(=O)(=O)c1sccc1Cl. The number of sulfonamides is 1. The molecular formula is C10H17ClN2O4S2. The molecule has 6 nitrogen and oxygen atoms in total. The highest BCUT2D eigenvalue weighted by molar-refractivity contribution is 7.91. The highest BCUT2D eigenvalue weighted by Gasteiger charge is 2.26. The minimum Gasteiger partial charge on any atom is -0.395 e. The van der Waals surface area contributed by atoms with Crippen molar-refractivity contribution in [2.24, 2.45) is 0 Å². The van der Waals surface area contributed by atoms with Gasteiger partial charge >= 0.3 is 0 Å². The third-order valence-electron chi connectivity index (χ3n) is 2.51. The van der Waals surface area contributed by atoms with Crippen LogP contribution in [0.2, 0.25) is 5.02 Å². The number of rotatable bonds is 8. The fourth-order valence-electron chi connectivity index (χ4n) is 1.46. The summed E-state index contributed by atoms with van der Waals surface area (Å²) in [6, 6.07) is 0.475. The summed E-state index contributed by atoms with van der Waals surface area (Å²) in [5.41, 5.74) is 0. The van der Waals surface area contributed by atoms with Gasteiger partial charge in [0.05, 0.1) is 24.3 Å². The Morgan fingerprint density at radius 3 is 2.63 bits per heavy atom. The lowest BCUT2D eigenvalue weighted by Crippen LogP contribution is -2.50. The van der Waals surface area contributed by atoms with Crippen LogP contribution < -0.4 is 10.0 Å². The Balaban J connectivity index is 2.78. The van der Waals surface area contributed by atoms with E-state index < -0.39 is 16.1 Å². The predicted octanol–water partition coefficient (Wildman–Crippen LogP) is 0.0111. The maximum atomic E-state index is 12.1. The van der Waals surface area contributed by atoms with E-state index in [2.05, 4.69) is 10.0 Å². The van der Waals surface area contributed by atoms with E-state index in [0.717, 1.165) is 11.3 Å². The van der Waals surface area contributed by atoms with Crippen LogP contribution in [0.3, 0.4) is 0 Å². The van der Waals surface area contributed by atoms with Gasteiger partial charge in [0.15, 0.2) is 4.21 Å². The second-order valence-corrected chi connectivity index (χ2v) is 7.17. The van der Waals surface area contributed by atoms with Crippen molar-refractivity contribution in [1.82, 2.24) is 10.0 Å². The van der Waals surface area contributed by atoms with Gasteiger partial charge in [-0.15, -0.1) is 11.3 Å². The van der Waals surface area contributed by atoms with Gasteiger partial charge in [-0.1, -0.05) is 11.6 Å². The molecule has 0 saturated heterocycles. The molecule has 0 amide bonds. The van der Waals surface area contributed by atoms with Crippen molar-refractivity contribution in [3.63, 3.8) is 0 Å². The first-order chi connectivity index (χ1) is 8.92. The molecule has 4 N–H and O–H groups in total. The van der Waals surface area contributed by atoms with Gasteiger partial charge in [0.2, 0.25) is 0 Å². The second kappa shape index (κ2) is 7.53. The van der Waals surface area contributed by atoms with Crippen molar-refractivity contribution in [3.8, 4) is 0 Å². The van der Waals surface area contributed by atoms with E-state index in [0.29, 0.717) is 6.54 Å². The van der Waals surface area contributed by atoms with Gasteiger partial charge in [-0.2, -0.15) is 0 Å². The maximum absolute atomic E-state index is 12.1. The number of nitrogens with one attached hydrogen (secondary N) is 2. The lowest BCUT2D eigenvalue weighted by molar-refractivity contribution is 0.221. The Labute approximate surface area is 121 Å². The first-order valence-corrected chi connectivity index (χ1v) is 8.37. The third kappa shape index (κ3) is 4.67. The molecule has 0 aromatic carbocycles. The molecule has 1 aromatic heterocycles. The van der Waals surface area contributed by atoms with Gasteiger partial charge in [0.25, 0.3) is 10.0 Å². The Morgan fingerprint density at radius 1 is 1.47 bits per heavy atom. The Bertz CT molecular complexity index is 491. The van der Waals surface area contributed by atoms with E-state index in [1.54, 1.807) is 12.3 Å². The van der Waals surface area contributed by atoms with Gasteiger partial charge in [-0.25, -0.2) is 13.1 Å². The zero-order valence-corrected chi connectivity index (χ0v) is 12.7. The molecule has 0 saturated carbocycles. The molecule has 0 aliphatic heterocycles. The molecule has 1 rings (SSSR count). The largest absolute Gasteiger partial charge is 0.395 e. The summed E-state index contributed by atoms with van der Waals surface area (Å²) in [6.07, 6.45) is 0. The quantitative estimate of drug-likeness (QED) is 0.539. The van der Waals surface area contributed by atoms with E-state index in [9.17, 15) is 13.5 Å². The van der Waals surface area contributed by atoms with Crippen molar-refractivity contribution >= 4 is 33.0 Å². The number of thiophene rings is 1. The summed E-state index contributed by atoms with van der Waals surface area (Å²) in [7, 11) is -3.75. The van der Waals surface area contributed by atoms with Crippen LogP contribution in [0, 0.1) is 0 Å². The number of hydrogen-bond donors (Lipinski definition) is 4. The first-order valence-electron chi connectivity index (χ1n) is 5.62. The van der Waals surface area contributed by atoms with Crippen LogP contribution in [-0.4, -0.2) is 50.5 Å². The predicted molar refractivity (Wildman–Crippen MR) is 75.1 cm³/mol. The lowest BCUT2D eigenvalue weighted by Gasteiger charge is -2.23. The van der Waals surface area contributed by atoms with Crippen molar-refractivity contribution < 1.29 is 18.6 Å². The van der Waals surface area contributed by atoms with Crippen LogP contribution in [0.1, 0.15) is 6.92 Å². The van der Waals surface area contributed by atoms with Crippen LogP contribution in [0.15, 0.2) is 15.7 Å². The molecule has 0 fully saturated rings. The van der Waals surface area contributed by atoms with Crippen molar-refractivity contribution in [2.75, 3.05) is 19.8 Å². The fourth-order valence-corrected chi connectivity index (χ4v) is 4.47. The molecule has 0 aliphatic rings. The molecule has 1 heterocycles. The second-order valence-electron chi connectivity index (χ2n) is 3.93. The summed E-state index contributed by atoms with van der Waals surface area (Å²) < 4.78 is 26.6. The summed E-state index contributed by atoms with van der Waals surface area (Å²) in [6.45, 7) is 1.61. The van der Waals surface area contributed by atoms with E-state index in [-0.39, 0.29) is 28.5 Å². The molecule has 1 unspecified atom stereocenters. The molecule has 1 aromatic rings. The normalized spacial score (nSPS) is 15.4. The summed E-state index contributed by atoms with van der Waals surface area (Å²) in [5, 5.41) is 22.6. The van der Waals surface area contributed by atoms with Crippen molar-refractivity contribution in [3.05, 3.63) is 16.5 Å². The lowest BCUT2D eigenvalue weighted by atomic mass is 10.2. The van der Waals surface area contributed by atoms with Crippen molar-refractivity contribution in [1.29, 1.82) is 0 Å². The van der Waals surface area contributed by atoms with Crippen LogP contribution in [0.25, 0.3) is 0 Å². The zero-order valence-electron chi connectivity index (χ0n) is 10.3. The van der Waals surface area contributed by atoms with Gasteiger partial charge in [-0.3, -0.25) is 0 Å². The Hall–Kier alpha value is -0.220. The maximum Gasteiger partial charge on any atom is 0.251 e. The molecule has 2 atom stereocenters.